The highest BCUT2D eigenvalue weighted by Crippen LogP contribution is 2.45. The summed E-state index contributed by atoms with van der Waals surface area (Å²) in [6, 6.07) is 15.3. The largest absolute Gasteiger partial charge is 0.496 e. The van der Waals surface area contributed by atoms with Crippen LogP contribution in [0.5, 0.6) is 5.75 Å². The van der Waals surface area contributed by atoms with Crippen LogP contribution in [0.15, 0.2) is 48.5 Å². The fourth-order valence-electron chi connectivity index (χ4n) is 4.26. The second-order valence-corrected chi connectivity index (χ2v) is 8.11. The van der Waals surface area contributed by atoms with E-state index in [1.807, 2.05) is 24.3 Å². The molecule has 2 aromatic rings. The third-order valence-corrected chi connectivity index (χ3v) is 5.98. The molecule has 2 aromatic carbocycles. The van der Waals surface area contributed by atoms with Gasteiger partial charge in [-0.2, -0.15) is 0 Å². The van der Waals surface area contributed by atoms with Gasteiger partial charge in [-0.15, -0.1) is 0 Å². The molecule has 0 saturated carbocycles. The Morgan fingerprint density at radius 1 is 1.18 bits per heavy atom. The lowest BCUT2D eigenvalue weighted by atomic mass is 9.68. The maximum absolute atomic E-state index is 13.9. The summed E-state index contributed by atoms with van der Waals surface area (Å²) in [6.07, 6.45) is 3.16. The predicted molar refractivity (Wildman–Crippen MR) is 111 cm³/mol. The summed E-state index contributed by atoms with van der Waals surface area (Å²) >= 11 is 0. The van der Waals surface area contributed by atoms with Gasteiger partial charge in [0.05, 0.1) is 13.2 Å². The first-order valence-electron chi connectivity index (χ1n) is 10.2. The van der Waals surface area contributed by atoms with E-state index in [0.29, 0.717) is 18.0 Å². The lowest BCUT2D eigenvalue weighted by Gasteiger charge is -2.43. The number of hydrogen-bond acceptors (Lipinski definition) is 3. The molecule has 1 aliphatic heterocycles. The second-order valence-electron chi connectivity index (χ2n) is 8.11. The van der Waals surface area contributed by atoms with E-state index >= 15 is 0 Å². The van der Waals surface area contributed by atoms with E-state index < -0.39 is 0 Å². The summed E-state index contributed by atoms with van der Waals surface area (Å²) in [5.74, 6) is 1.27. The standard InChI is InChI=1S/C24H32FNO2/c1-18(2)23-16-24(13-15-28-23,20-9-5-7-11-22(20)27-3)12-14-26-17-19-8-4-6-10-21(19)25/h4-11,18,23,26H,12-17H2,1-3H3/t23-,24-/m1/s1. The van der Waals surface area contributed by atoms with Gasteiger partial charge in [0, 0.05) is 29.7 Å². The Bertz CT molecular complexity index is 764. The molecule has 1 N–H and O–H groups in total. The lowest BCUT2D eigenvalue weighted by molar-refractivity contribution is -0.0473. The van der Waals surface area contributed by atoms with Crippen molar-refractivity contribution in [2.24, 2.45) is 5.92 Å². The van der Waals surface area contributed by atoms with E-state index in [2.05, 4.69) is 31.3 Å². The van der Waals surface area contributed by atoms with Crippen LogP contribution in [-0.4, -0.2) is 26.4 Å². The first kappa shape index (κ1) is 20.8. The highest BCUT2D eigenvalue weighted by molar-refractivity contribution is 5.40. The minimum absolute atomic E-state index is 0.00201. The predicted octanol–water partition coefficient (Wildman–Crippen LogP) is 5.09. The van der Waals surface area contributed by atoms with E-state index in [4.69, 9.17) is 9.47 Å². The smallest absolute Gasteiger partial charge is 0.127 e. The highest BCUT2D eigenvalue weighted by atomic mass is 19.1. The number of ether oxygens (including phenoxy) is 2. The van der Waals surface area contributed by atoms with Crippen molar-refractivity contribution in [3.8, 4) is 5.75 Å². The topological polar surface area (TPSA) is 30.5 Å². The molecule has 152 valence electrons. The number of para-hydroxylation sites is 1. The minimum Gasteiger partial charge on any atom is -0.496 e. The summed E-state index contributed by atoms with van der Waals surface area (Å²) in [6.45, 7) is 6.56. The average molecular weight is 386 g/mol. The maximum Gasteiger partial charge on any atom is 0.127 e. The molecule has 0 aliphatic carbocycles. The van der Waals surface area contributed by atoms with Crippen molar-refractivity contribution in [2.75, 3.05) is 20.3 Å². The summed E-state index contributed by atoms with van der Waals surface area (Å²) in [5.41, 5.74) is 1.97. The molecular weight excluding hydrogens is 353 g/mol. The van der Waals surface area contributed by atoms with Crippen molar-refractivity contribution in [3.63, 3.8) is 0 Å². The molecule has 1 heterocycles. The van der Waals surface area contributed by atoms with Gasteiger partial charge in [-0.1, -0.05) is 50.2 Å². The first-order chi connectivity index (χ1) is 13.6. The van der Waals surface area contributed by atoms with Crippen LogP contribution in [0.4, 0.5) is 4.39 Å². The summed E-state index contributed by atoms with van der Waals surface area (Å²) in [5, 5.41) is 3.44. The molecule has 2 atom stereocenters. The van der Waals surface area contributed by atoms with Crippen LogP contribution in [0.3, 0.4) is 0 Å². The molecule has 3 rings (SSSR count). The molecule has 0 bridgehead atoms. The van der Waals surface area contributed by atoms with Gasteiger partial charge >= 0.3 is 0 Å². The first-order valence-corrected chi connectivity index (χ1v) is 10.2. The van der Waals surface area contributed by atoms with E-state index in [-0.39, 0.29) is 17.3 Å². The quantitative estimate of drug-likeness (QED) is 0.642. The van der Waals surface area contributed by atoms with Crippen LogP contribution < -0.4 is 10.1 Å². The number of benzene rings is 2. The monoisotopic (exact) mass is 385 g/mol. The van der Waals surface area contributed by atoms with Gasteiger partial charge in [-0.25, -0.2) is 4.39 Å². The van der Waals surface area contributed by atoms with Crippen LogP contribution in [0.1, 0.15) is 44.2 Å². The third-order valence-electron chi connectivity index (χ3n) is 5.98. The van der Waals surface area contributed by atoms with Crippen LogP contribution >= 0.6 is 0 Å². The summed E-state index contributed by atoms with van der Waals surface area (Å²) in [7, 11) is 1.74. The Hall–Kier alpha value is -1.91. The van der Waals surface area contributed by atoms with Crippen molar-refractivity contribution in [1.29, 1.82) is 0 Å². The third kappa shape index (κ3) is 4.73. The van der Waals surface area contributed by atoms with E-state index in [1.165, 1.54) is 11.6 Å². The minimum atomic E-state index is -0.152. The van der Waals surface area contributed by atoms with Gasteiger partial charge < -0.3 is 14.8 Å². The van der Waals surface area contributed by atoms with Crippen LogP contribution in [0.25, 0.3) is 0 Å². The van der Waals surface area contributed by atoms with Gasteiger partial charge in [0.2, 0.25) is 0 Å². The molecule has 1 saturated heterocycles. The Morgan fingerprint density at radius 2 is 1.93 bits per heavy atom. The van der Waals surface area contributed by atoms with Gasteiger partial charge in [0.25, 0.3) is 0 Å². The van der Waals surface area contributed by atoms with Crippen molar-refractivity contribution in [1.82, 2.24) is 5.32 Å². The molecule has 0 amide bonds. The fourth-order valence-corrected chi connectivity index (χ4v) is 4.26. The molecule has 0 aromatic heterocycles. The Balaban J connectivity index is 1.76. The molecule has 1 fully saturated rings. The van der Waals surface area contributed by atoms with E-state index in [9.17, 15) is 4.39 Å². The molecule has 28 heavy (non-hydrogen) atoms. The number of hydrogen-bond donors (Lipinski definition) is 1. The number of methoxy groups -OCH3 is 1. The van der Waals surface area contributed by atoms with Crippen LogP contribution in [0.2, 0.25) is 0 Å². The Labute approximate surface area is 168 Å². The Morgan fingerprint density at radius 3 is 2.68 bits per heavy atom. The van der Waals surface area contributed by atoms with Gasteiger partial charge in [-0.3, -0.25) is 0 Å². The zero-order chi connectivity index (χ0) is 20.0. The normalized spacial score (nSPS) is 22.4. The van der Waals surface area contributed by atoms with Crippen molar-refractivity contribution < 1.29 is 13.9 Å². The lowest BCUT2D eigenvalue weighted by Crippen LogP contribution is -2.42. The molecule has 0 unspecified atom stereocenters. The van der Waals surface area contributed by atoms with Crippen LogP contribution in [0, 0.1) is 11.7 Å². The van der Waals surface area contributed by atoms with Gasteiger partial charge in [-0.05, 0) is 43.9 Å². The van der Waals surface area contributed by atoms with Crippen molar-refractivity contribution >= 4 is 0 Å². The summed E-state index contributed by atoms with van der Waals surface area (Å²) in [4.78, 5) is 0. The maximum atomic E-state index is 13.9. The zero-order valence-electron chi connectivity index (χ0n) is 17.2. The van der Waals surface area contributed by atoms with Crippen LogP contribution in [-0.2, 0) is 16.7 Å². The number of nitrogens with one attached hydrogen (secondary N) is 1. The SMILES string of the molecule is COc1ccccc1[C@]1(CCNCc2ccccc2F)CCO[C@@H](C(C)C)C1. The number of halogens is 1. The molecular formula is C24H32FNO2. The highest BCUT2D eigenvalue weighted by Gasteiger charge is 2.40. The molecule has 0 spiro atoms. The Kier molecular flexibility index (Phi) is 7.08. The molecule has 0 radical (unpaired) electrons. The number of rotatable bonds is 8. The fraction of sp³-hybridized carbons (Fsp3) is 0.500. The van der Waals surface area contributed by atoms with E-state index in [1.54, 1.807) is 13.2 Å². The zero-order valence-corrected chi connectivity index (χ0v) is 17.2. The molecule has 1 aliphatic rings. The molecule has 3 nitrogen and oxygen atoms in total. The second kappa shape index (κ2) is 9.53. The average Bonchev–Trinajstić information content (AvgIpc) is 2.72. The summed E-state index contributed by atoms with van der Waals surface area (Å²) < 4.78 is 25.6. The van der Waals surface area contributed by atoms with Gasteiger partial charge in [0.1, 0.15) is 11.6 Å². The van der Waals surface area contributed by atoms with Crippen molar-refractivity contribution in [2.45, 2.75) is 51.2 Å². The van der Waals surface area contributed by atoms with E-state index in [0.717, 1.165) is 38.2 Å². The molecule has 4 heteroatoms. The van der Waals surface area contributed by atoms with Crippen molar-refractivity contribution in [3.05, 3.63) is 65.5 Å². The van der Waals surface area contributed by atoms with Gasteiger partial charge in [0.15, 0.2) is 0 Å².